The molecule has 3 heteroatoms. The van der Waals surface area contributed by atoms with Crippen LogP contribution in [0.25, 0.3) is 11.1 Å². The molecular formula is C15H16O3. The first-order valence-corrected chi connectivity index (χ1v) is 5.85. The van der Waals surface area contributed by atoms with Gasteiger partial charge in [-0.15, -0.1) is 0 Å². The topological polar surface area (TPSA) is 38.7 Å². The third-order valence-corrected chi connectivity index (χ3v) is 2.67. The Morgan fingerprint density at radius 1 is 1.11 bits per heavy atom. The molecule has 2 aromatic rings. The summed E-state index contributed by atoms with van der Waals surface area (Å²) >= 11 is 0. The number of ether oxygens (including phenoxy) is 2. The largest absolute Gasteiger partial charge is 0.504 e. The molecule has 0 saturated carbocycles. The van der Waals surface area contributed by atoms with Gasteiger partial charge in [-0.1, -0.05) is 24.3 Å². The summed E-state index contributed by atoms with van der Waals surface area (Å²) in [7, 11) is 1.54. The van der Waals surface area contributed by atoms with Gasteiger partial charge in [-0.05, 0) is 30.7 Å². The molecule has 0 heterocycles. The van der Waals surface area contributed by atoms with Crippen molar-refractivity contribution >= 4 is 0 Å². The quantitative estimate of drug-likeness (QED) is 0.895. The highest BCUT2D eigenvalue weighted by Crippen LogP contribution is 2.37. The van der Waals surface area contributed by atoms with Crippen LogP contribution in [0.4, 0.5) is 0 Å². The maximum absolute atomic E-state index is 10.1. The number of para-hydroxylation sites is 1. The second-order valence-electron chi connectivity index (χ2n) is 3.82. The minimum Gasteiger partial charge on any atom is -0.504 e. The van der Waals surface area contributed by atoms with Crippen LogP contribution in [0.1, 0.15) is 6.92 Å². The second-order valence-corrected chi connectivity index (χ2v) is 3.82. The van der Waals surface area contributed by atoms with Crippen molar-refractivity contribution in [2.45, 2.75) is 6.92 Å². The number of phenols is 1. The molecule has 0 bridgehead atoms. The molecule has 0 fully saturated rings. The van der Waals surface area contributed by atoms with Crippen molar-refractivity contribution < 1.29 is 14.6 Å². The van der Waals surface area contributed by atoms with E-state index in [1.807, 2.05) is 43.3 Å². The Kier molecular flexibility index (Phi) is 3.72. The van der Waals surface area contributed by atoms with Gasteiger partial charge in [-0.3, -0.25) is 0 Å². The van der Waals surface area contributed by atoms with Crippen LogP contribution in [0.3, 0.4) is 0 Å². The molecule has 0 amide bonds. The molecule has 3 nitrogen and oxygen atoms in total. The van der Waals surface area contributed by atoms with Crippen LogP contribution in [0.2, 0.25) is 0 Å². The average molecular weight is 244 g/mol. The molecule has 2 aromatic carbocycles. The first-order valence-electron chi connectivity index (χ1n) is 5.85. The van der Waals surface area contributed by atoms with Crippen LogP contribution in [0.5, 0.6) is 17.2 Å². The first-order chi connectivity index (χ1) is 8.76. The van der Waals surface area contributed by atoms with Gasteiger partial charge in [-0.2, -0.15) is 0 Å². The molecule has 0 unspecified atom stereocenters. The summed E-state index contributed by atoms with van der Waals surface area (Å²) in [6, 6.07) is 13.0. The lowest BCUT2D eigenvalue weighted by Gasteiger charge is -2.10. The second kappa shape index (κ2) is 5.45. The minimum absolute atomic E-state index is 0.147. The van der Waals surface area contributed by atoms with Gasteiger partial charge in [-0.25, -0.2) is 0 Å². The summed E-state index contributed by atoms with van der Waals surface area (Å²) in [6.45, 7) is 2.56. The number of rotatable bonds is 4. The van der Waals surface area contributed by atoms with Crippen LogP contribution in [-0.4, -0.2) is 18.8 Å². The molecule has 0 radical (unpaired) electrons. The van der Waals surface area contributed by atoms with Gasteiger partial charge >= 0.3 is 0 Å². The average Bonchev–Trinajstić information content (AvgIpc) is 2.40. The molecule has 0 aromatic heterocycles. The maximum atomic E-state index is 10.1. The molecule has 0 aliphatic rings. The zero-order chi connectivity index (χ0) is 13.0. The fourth-order valence-electron chi connectivity index (χ4n) is 1.84. The predicted octanol–water partition coefficient (Wildman–Crippen LogP) is 3.47. The molecule has 0 aliphatic heterocycles. The van der Waals surface area contributed by atoms with Crippen molar-refractivity contribution in [3.63, 3.8) is 0 Å². The number of methoxy groups -OCH3 is 1. The van der Waals surface area contributed by atoms with E-state index < -0.39 is 0 Å². The number of aromatic hydroxyl groups is 1. The lowest BCUT2D eigenvalue weighted by molar-refractivity contribution is 0.340. The van der Waals surface area contributed by atoms with E-state index in [9.17, 15) is 5.11 Å². The van der Waals surface area contributed by atoms with E-state index in [0.717, 1.165) is 16.9 Å². The fraction of sp³-hybridized carbons (Fsp3) is 0.200. The normalized spacial score (nSPS) is 10.1. The third kappa shape index (κ3) is 2.40. The molecule has 0 aliphatic carbocycles. The molecule has 0 atom stereocenters. The van der Waals surface area contributed by atoms with Crippen LogP contribution in [0, 0.1) is 0 Å². The van der Waals surface area contributed by atoms with E-state index in [0.29, 0.717) is 12.4 Å². The van der Waals surface area contributed by atoms with E-state index >= 15 is 0 Å². The van der Waals surface area contributed by atoms with Crippen molar-refractivity contribution in [1.82, 2.24) is 0 Å². The van der Waals surface area contributed by atoms with Crippen LogP contribution in [0.15, 0.2) is 42.5 Å². The van der Waals surface area contributed by atoms with E-state index in [2.05, 4.69) is 0 Å². The number of hydrogen-bond acceptors (Lipinski definition) is 3. The summed E-state index contributed by atoms with van der Waals surface area (Å²) in [5.74, 6) is 1.40. The van der Waals surface area contributed by atoms with Crippen molar-refractivity contribution in [3.8, 4) is 28.4 Å². The first kappa shape index (κ1) is 12.3. The Balaban J connectivity index is 2.45. The van der Waals surface area contributed by atoms with Crippen LogP contribution in [-0.2, 0) is 0 Å². The minimum atomic E-state index is 0.147. The van der Waals surface area contributed by atoms with E-state index in [4.69, 9.17) is 9.47 Å². The Bertz CT molecular complexity index is 535. The van der Waals surface area contributed by atoms with Gasteiger partial charge in [0.05, 0.1) is 13.7 Å². The zero-order valence-electron chi connectivity index (χ0n) is 10.5. The van der Waals surface area contributed by atoms with E-state index in [-0.39, 0.29) is 5.75 Å². The van der Waals surface area contributed by atoms with Gasteiger partial charge < -0.3 is 14.6 Å². The number of benzene rings is 2. The van der Waals surface area contributed by atoms with E-state index in [1.165, 1.54) is 7.11 Å². The van der Waals surface area contributed by atoms with Crippen LogP contribution < -0.4 is 9.47 Å². The molecule has 18 heavy (non-hydrogen) atoms. The van der Waals surface area contributed by atoms with Gasteiger partial charge in [0.15, 0.2) is 11.5 Å². The molecular weight excluding hydrogens is 228 g/mol. The third-order valence-electron chi connectivity index (χ3n) is 2.67. The summed E-state index contributed by atoms with van der Waals surface area (Å²) < 4.78 is 10.6. The highest BCUT2D eigenvalue weighted by Gasteiger charge is 2.09. The Hall–Kier alpha value is -2.16. The highest BCUT2D eigenvalue weighted by atomic mass is 16.5. The van der Waals surface area contributed by atoms with Crippen molar-refractivity contribution in [3.05, 3.63) is 42.5 Å². The van der Waals surface area contributed by atoms with Gasteiger partial charge in [0.2, 0.25) is 0 Å². The molecule has 0 saturated heterocycles. The zero-order valence-corrected chi connectivity index (χ0v) is 10.5. The number of hydrogen-bond donors (Lipinski definition) is 1. The molecule has 1 N–H and O–H groups in total. The number of phenolic OH excluding ortho intramolecular Hbond substituents is 1. The van der Waals surface area contributed by atoms with Crippen LogP contribution >= 0.6 is 0 Å². The van der Waals surface area contributed by atoms with Crippen molar-refractivity contribution in [1.29, 1.82) is 0 Å². The summed E-state index contributed by atoms with van der Waals surface area (Å²) in [5.41, 5.74) is 1.63. The summed E-state index contributed by atoms with van der Waals surface area (Å²) in [5, 5.41) is 10.1. The Morgan fingerprint density at radius 2 is 1.89 bits per heavy atom. The monoisotopic (exact) mass is 244 g/mol. The Labute approximate surface area is 107 Å². The predicted molar refractivity (Wildman–Crippen MR) is 71.3 cm³/mol. The lowest BCUT2D eigenvalue weighted by Crippen LogP contribution is -1.91. The summed E-state index contributed by atoms with van der Waals surface area (Å²) in [6.07, 6.45) is 0. The smallest absolute Gasteiger partial charge is 0.165 e. The van der Waals surface area contributed by atoms with Gasteiger partial charge in [0, 0.05) is 5.56 Å². The highest BCUT2D eigenvalue weighted by molar-refractivity contribution is 5.74. The van der Waals surface area contributed by atoms with Crippen molar-refractivity contribution in [2.24, 2.45) is 0 Å². The standard InChI is InChI=1S/C15H16O3/c1-3-18-12-7-4-6-11(10-12)13-8-5-9-14(17-2)15(13)16/h4-10,16H,3H2,1-2H3. The summed E-state index contributed by atoms with van der Waals surface area (Å²) in [4.78, 5) is 0. The SMILES string of the molecule is CCOc1cccc(-c2cccc(OC)c2O)c1. The van der Waals surface area contributed by atoms with Gasteiger partial charge in [0.25, 0.3) is 0 Å². The maximum Gasteiger partial charge on any atom is 0.165 e. The fourth-order valence-corrected chi connectivity index (χ4v) is 1.84. The molecule has 2 rings (SSSR count). The molecule has 0 spiro atoms. The lowest BCUT2D eigenvalue weighted by atomic mass is 10.0. The molecule has 94 valence electrons. The Morgan fingerprint density at radius 3 is 2.61 bits per heavy atom. The van der Waals surface area contributed by atoms with E-state index in [1.54, 1.807) is 6.07 Å². The van der Waals surface area contributed by atoms with Crippen molar-refractivity contribution in [2.75, 3.05) is 13.7 Å². The van der Waals surface area contributed by atoms with Gasteiger partial charge in [0.1, 0.15) is 5.75 Å².